The SMILES string of the molecule is O=C(CCOCC(F)(F)F)NCCc1cn2ccccc2n1. The predicted octanol–water partition coefficient (Wildman–Crippen LogP) is 1.96. The van der Waals surface area contributed by atoms with Gasteiger partial charge in [0.05, 0.1) is 12.3 Å². The van der Waals surface area contributed by atoms with Crippen LogP contribution in [0, 0.1) is 0 Å². The summed E-state index contributed by atoms with van der Waals surface area (Å²) in [7, 11) is 0. The molecule has 2 aromatic rings. The Kier molecular flexibility index (Phi) is 5.37. The number of rotatable bonds is 7. The molecule has 120 valence electrons. The molecule has 0 radical (unpaired) electrons. The minimum atomic E-state index is -4.36. The van der Waals surface area contributed by atoms with Crippen molar-refractivity contribution in [2.45, 2.75) is 19.0 Å². The number of carbonyl (C=O) groups is 1. The molecule has 0 saturated heterocycles. The van der Waals surface area contributed by atoms with E-state index in [1.807, 2.05) is 35.0 Å². The third kappa shape index (κ3) is 5.36. The van der Waals surface area contributed by atoms with Crippen LogP contribution in [0.1, 0.15) is 12.1 Å². The zero-order valence-electron chi connectivity index (χ0n) is 11.8. The highest BCUT2D eigenvalue weighted by Gasteiger charge is 2.27. The molecule has 2 rings (SSSR count). The van der Waals surface area contributed by atoms with E-state index in [9.17, 15) is 18.0 Å². The van der Waals surface area contributed by atoms with Crippen molar-refractivity contribution in [3.8, 4) is 0 Å². The first-order valence-electron chi connectivity index (χ1n) is 6.78. The van der Waals surface area contributed by atoms with Gasteiger partial charge in [0.25, 0.3) is 0 Å². The van der Waals surface area contributed by atoms with Gasteiger partial charge in [-0.2, -0.15) is 13.2 Å². The molecule has 0 bridgehead atoms. The number of ether oxygens (including phenoxy) is 1. The van der Waals surface area contributed by atoms with Crippen LogP contribution in [0.5, 0.6) is 0 Å². The van der Waals surface area contributed by atoms with Gasteiger partial charge in [-0.15, -0.1) is 0 Å². The number of alkyl halides is 3. The maximum Gasteiger partial charge on any atom is 0.411 e. The second kappa shape index (κ2) is 7.26. The topological polar surface area (TPSA) is 55.6 Å². The Balaban J connectivity index is 1.64. The molecule has 0 atom stereocenters. The van der Waals surface area contributed by atoms with E-state index in [0.29, 0.717) is 13.0 Å². The predicted molar refractivity (Wildman–Crippen MR) is 73.4 cm³/mol. The van der Waals surface area contributed by atoms with Crippen LogP contribution in [0.3, 0.4) is 0 Å². The summed E-state index contributed by atoms with van der Waals surface area (Å²) in [6, 6.07) is 5.65. The minimum absolute atomic E-state index is 0.0960. The van der Waals surface area contributed by atoms with E-state index in [-0.39, 0.29) is 18.9 Å². The van der Waals surface area contributed by atoms with Gasteiger partial charge in [-0.25, -0.2) is 4.98 Å². The van der Waals surface area contributed by atoms with E-state index in [1.54, 1.807) is 0 Å². The van der Waals surface area contributed by atoms with Crippen molar-refractivity contribution in [3.63, 3.8) is 0 Å². The molecule has 0 unspecified atom stereocenters. The summed E-state index contributed by atoms with van der Waals surface area (Å²) in [5, 5.41) is 2.62. The second-order valence-electron chi connectivity index (χ2n) is 4.72. The molecule has 1 N–H and O–H groups in total. The van der Waals surface area contributed by atoms with Gasteiger partial charge in [0.2, 0.25) is 5.91 Å². The van der Waals surface area contributed by atoms with Crippen molar-refractivity contribution in [3.05, 3.63) is 36.3 Å². The Bertz CT molecular complexity index is 592. The minimum Gasteiger partial charge on any atom is -0.372 e. The maximum atomic E-state index is 11.8. The molecule has 0 aromatic carbocycles. The molecule has 0 aliphatic rings. The number of imidazole rings is 1. The summed E-state index contributed by atoms with van der Waals surface area (Å²) in [6.07, 6.45) is -0.159. The van der Waals surface area contributed by atoms with E-state index in [4.69, 9.17) is 0 Å². The molecule has 0 aliphatic heterocycles. The van der Waals surface area contributed by atoms with Crippen molar-refractivity contribution in [1.29, 1.82) is 0 Å². The summed E-state index contributed by atoms with van der Waals surface area (Å²) in [5.41, 5.74) is 1.66. The highest BCUT2D eigenvalue weighted by molar-refractivity contribution is 5.75. The van der Waals surface area contributed by atoms with Crippen LogP contribution in [0.25, 0.3) is 5.65 Å². The van der Waals surface area contributed by atoms with Crippen LogP contribution in [-0.4, -0.2) is 41.2 Å². The number of carbonyl (C=O) groups excluding carboxylic acids is 1. The number of fused-ring (bicyclic) bond motifs is 1. The molecule has 2 heterocycles. The van der Waals surface area contributed by atoms with Gasteiger partial charge < -0.3 is 14.5 Å². The van der Waals surface area contributed by atoms with Crippen LogP contribution >= 0.6 is 0 Å². The van der Waals surface area contributed by atoms with Crippen molar-refractivity contribution >= 4 is 11.6 Å². The Labute approximate surface area is 125 Å². The maximum absolute atomic E-state index is 11.8. The average Bonchev–Trinajstić information content (AvgIpc) is 2.85. The number of pyridine rings is 1. The first kappa shape index (κ1) is 16.3. The van der Waals surface area contributed by atoms with Gasteiger partial charge in [-0.3, -0.25) is 4.79 Å². The van der Waals surface area contributed by atoms with Gasteiger partial charge in [0.15, 0.2) is 0 Å². The second-order valence-corrected chi connectivity index (χ2v) is 4.72. The number of hydrogen-bond acceptors (Lipinski definition) is 3. The highest BCUT2D eigenvalue weighted by atomic mass is 19.4. The van der Waals surface area contributed by atoms with Crippen molar-refractivity contribution < 1.29 is 22.7 Å². The molecule has 0 fully saturated rings. The summed E-state index contributed by atoms with van der Waals surface area (Å²) in [6.45, 7) is -1.21. The zero-order chi connectivity index (χ0) is 16.0. The van der Waals surface area contributed by atoms with Crippen molar-refractivity contribution in [2.24, 2.45) is 0 Å². The lowest BCUT2D eigenvalue weighted by atomic mass is 10.3. The number of nitrogens with one attached hydrogen (secondary N) is 1. The average molecular weight is 315 g/mol. The van der Waals surface area contributed by atoms with E-state index in [2.05, 4.69) is 15.0 Å². The summed E-state index contributed by atoms with van der Waals surface area (Å²) in [5.74, 6) is -0.342. The zero-order valence-corrected chi connectivity index (χ0v) is 11.8. The fourth-order valence-corrected chi connectivity index (χ4v) is 1.88. The monoisotopic (exact) mass is 315 g/mol. The van der Waals surface area contributed by atoms with Gasteiger partial charge >= 0.3 is 6.18 Å². The molecule has 5 nitrogen and oxygen atoms in total. The number of halogens is 3. The molecule has 0 spiro atoms. The molecule has 0 saturated carbocycles. The Morgan fingerprint density at radius 3 is 2.91 bits per heavy atom. The van der Waals surface area contributed by atoms with Gasteiger partial charge in [-0.05, 0) is 12.1 Å². The lowest BCUT2D eigenvalue weighted by Crippen LogP contribution is -2.27. The third-order valence-electron chi connectivity index (χ3n) is 2.86. The Morgan fingerprint density at radius 2 is 2.18 bits per heavy atom. The number of aromatic nitrogens is 2. The number of amides is 1. The quantitative estimate of drug-likeness (QED) is 0.795. The van der Waals surface area contributed by atoms with E-state index < -0.39 is 12.8 Å². The fourth-order valence-electron chi connectivity index (χ4n) is 1.88. The van der Waals surface area contributed by atoms with Crippen LogP contribution in [0.2, 0.25) is 0 Å². The number of nitrogens with zero attached hydrogens (tertiary/aromatic N) is 2. The van der Waals surface area contributed by atoms with Crippen molar-refractivity contribution in [2.75, 3.05) is 19.8 Å². The van der Waals surface area contributed by atoms with Crippen LogP contribution < -0.4 is 5.32 Å². The first-order chi connectivity index (χ1) is 10.4. The molecule has 8 heteroatoms. The number of hydrogen-bond donors (Lipinski definition) is 1. The molecule has 1 amide bonds. The van der Waals surface area contributed by atoms with Crippen LogP contribution in [-0.2, 0) is 16.0 Å². The van der Waals surface area contributed by atoms with E-state index in [0.717, 1.165) is 11.3 Å². The summed E-state index contributed by atoms with van der Waals surface area (Å²) >= 11 is 0. The smallest absolute Gasteiger partial charge is 0.372 e. The van der Waals surface area contributed by atoms with Gasteiger partial charge in [0, 0.05) is 31.8 Å². The summed E-state index contributed by atoms with van der Waals surface area (Å²) in [4.78, 5) is 15.8. The largest absolute Gasteiger partial charge is 0.411 e. The molecular weight excluding hydrogens is 299 g/mol. The standard InChI is InChI=1S/C14H16F3N3O2/c15-14(16,17)10-22-8-5-13(21)18-6-4-11-9-20-7-2-1-3-12(20)19-11/h1-3,7,9H,4-6,8,10H2,(H,18,21). The lowest BCUT2D eigenvalue weighted by Gasteiger charge is -2.07. The Morgan fingerprint density at radius 1 is 1.36 bits per heavy atom. The molecule has 2 aromatic heterocycles. The highest BCUT2D eigenvalue weighted by Crippen LogP contribution is 2.14. The van der Waals surface area contributed by atoms with Crippen LogP contribution in [0.15, 0.2) is 30.6 Å². The fraction of sp³-hybridized carbons (Fsp3) is 0.429. The normalized spacial score (nSPS) is 11.8. The molecule has 0 aliphatic carbocycles. The van der Waals surface area contributed by atoms with Crippen molar-refractivity contribution in [1.82, 2.24) is 14.7 Å². The van der Waals surface area contributed by atoms with Crippen LogP contribution in [0.4, 0.5) is 13.2 Å². The van der Waals surface area contributed by atoms with E-state index >= 15 is 0 Å². The van der Waals surface area contributed by atoms with E-state index in [1.165, 1.54) is 0 Å². The molecular formula is C14H16F3N3O2. The molecule has 22 heavy (non-hydrogen) atoms. The lowest BCUT2D eigenvalue weighted by molar-refractivity contribution is -0.174. The van der Waals surface area contributed by atoms with Gasteiger partial charge in [0.1, 0.15) is 12.3 Å². The summed E-state index contributed by atoms with van der Waals surface area (Å²) < 4.78 is 41.7. The first-order valence-corrected chi connectivity index (χ1v) is 6.78. The Hall–Kier alpha value is -2.09. The third-order valence-corrected chi connectivity index (χ3v) is 2.86. The van der Waals surface area contributed by atoms with Gasteiger partial charge in [-0.1, -0.05) is 6.07 Å².